The molecule has 120 valence electrons. The van der Waals surface area contributed by atoms with Crippen LogP contribution in [0, 0.1) is 0 Å². The lowest BCUT2D eigenvalue weighted by Gasteiger charge is -2.33. The SMILES string of the molecule is O=C(NC1CCNCC1)C1CN(Cc2ccccc2)CCO1. The molecule has 1 aromatic carbocycles. The molecule has 22 heavy (non-hydrogen) atoms. The Labute approximate surface area is 132 Å². The van der Waals surface area contributed by atoms with Crippen molar-refractivity contribution >= 4 is 5.91 Å². The van der Waals surface area contributed by atoms with Crippen molar-refractivity contribution in [1.82, 2.24) is 15.5 Å². The lowest BCUT2D eigenvalue weighted by molar-refractivity contribution is -0.139. The number of carbonyl (C=O) groups is 1. The van der Waals surface area contributed by atoms with E-state index in [1.165, 1.54) is 5.56 Å². The summed E-state index contributed by atoms with van der Waals surface area (Å²) >= 11 is 0. The van der Waals surface area contributed by atoms with E-state index in [9.17, 15) is 4.79 Å². The summed E-state index contributed by atoms with van der Waals surface area (Å²) in [4.78, 5) is 14.7. The number of rotatable bonds is 4. The highest BCUT2D eigenvalue weighted by atomic mass is 16.5. The van der Waals surface area contributed by atoms with Crippen molar-refractivity contribution in [2.24, 2.45) is 0 Å². The number of amides is 1. The molecule has 0 aromatic heterocycles. The topological polar surface area (TPSA) is 53.6 Å². The molecule has 0 spiro atoms. The quantitative estimate of drug-likeness (QED) is 0.862. The zero-order valence-electron chi connectivity index (χ0n) is 13.0. The van der Waals surface area contributed by atoms with E-state index in [-0.39, 0.29) is 12.0 Å². The van der Waals surface area contributed by atoms with E-state index in [4.69, 9.17) is 4.74 Å². The number of morpholine rings is 1. The van der Waals surface area contributed by atoms with Crippen molar-refractivity contribution in [1.29, 1.82) is 0 Å². The number of nitrogens with zero attached hydrogens (tertiary/aromatic N) is 1. The molecule has 0 bridgehead atoms. The third-order valence-electron chi connectivity index (χ3n) is 4.38. The van der Waals surface area contributed by atoms with Gasteiger partial charge in [-0.25, -0.2) is 0 Å². The van der Waals surface area contributed by atoms with Crippen LogP contribution in [0.3, 0.4) is 0 Å². The standard InChI is InChI=1S/C17H25N3O2/c21-17(19-15-6-8-18-9-7-15)16-13-20(10-11-22-16)12-14-4-2-1-3-5-14/h1-5,15-16,18H,6-13H2,(H,19,21). The van der Waals surface area contributed by atoms with E-state index in [0.29, 0.717) is 19.2 Å². The van der Waals surface area contributed by atoms with Crippen LogP contribution >= 0.6 is 0 Å². The molecule has 3 rings (SSSR count). The van der Waals surface area contributed by atoms with Gasteiger partial charge < -0.3 is 15.4 Å². The van der Waals surface area contributed by atoms with Crippen molar-refractivity contribution in [3.8, 4) is 0 Å². The van der Waals surface area contributed by atoms with Gasteiger partial charge in [0.05, 0.1) is 6.61 Å². The van der Waals surface area contributed by atoms with E-state index in [0.717, 1.165) is 39.0 Å². The van der Waals surface area contributed by atoms with Gasteiger partial charge in [-0.2, -0.15) is 0 Å². The smallest absolute Gasteiger partial charge is 0.250 e. The van der Waals surface area contributed by atoms with Gasteiger partial charge >= 0.3 is 0 Å². The Balaban J connectivity index is 1.50. The van der Waals surface area contributed by atoms with Crippen molar-refractivity contribution < 1.29 is 9.53 Å². The zero-order chi connectivity index (χ0) is 15.2. The second kappa shape index (κ2) is 7.72. The normalized spacial score (nSPS) is 24.1. The maximum absolute atomic E-state index is 12.4. The van der Waals surface area contributed by atoms with Crippen molar-refractivity contribution in [2.75, 3.05) is 32.8 Å². The molecule has 2 fully saturated rings. The van der Waals surface area contributed by atoms with Crippen LogP contribution in [0.15, 0.2) is 30.3 Å². The van der Waals surface area contributed by atoms with Crippen LogP contribution in [0.2, 0.25) is 0 Å². The van der Waals surface area contributed by atoms with Crippen molar-refractivity contribution in [2.45, 2.75) is 31.5 Å². The molecule has 2 N–H and O–H groups in total. The van der Waals surface area contributed by atoms with Gasteiger partial charge in [0, 0.05) is 25.7 Å². The van der Waals surface area contributed by atoms with Gasteiger partial charge in [-0.15, -0.1) is 0 Å². The minimum absolute atomic E-state index is 0.0460. The molecule has 1 unspecified atom stereocenters. The molecule has 0 radical (unpaired) electrons. The Hall–Kier alpha value is -1.43. The van der Waals surface area contributed by atoms with Crippen molar-refractivity contribution in [3.63, 3.8) is 0 Å². The van der Waals surface area contributed by atoms with Crippen LogP contribution in [0.25, 0.3) is 0 Å². The van der Waals surface area contributed by atoms with Crippen LogP contribution in [-0.4, -0.2) is 55.7 Å². The summed E-state index contributed by atoms with van der Waals surface area (Å²) in [6.07, 6.45) is 1.67. The summed E-state index contributed by atoms with van der Waals surface area (Å²) in [5.41, 5.74) is 1.28. The van der Waals surface area contributed by atoms with E-state index in [1.54, 1.807) is 0 Å². The molecule has 2 aliphatic heterocycles. The van der Waals surface area contributed by atoms with Crippen LogP contribution in [0.1, 0.15) is 18.4 Å². The molecular formula is C17H25N3O2. The highest BCUT2D eigenvalue weighted by Gasteiger charge is 2.28. The fraction of sp³-hybridized carbons (Fsp3) is 0.588. The van der Waals surface area contributed by atoms with Gasteiger partial charge in [-0.3, -0.25) is 9.69 Å². The van der Waals surface area contributed by atoms with Gasteiger partial charge in [-0.1, -0.05) is 30.3 Å². The van der Waals surface area contributed by atoms with E-state index in [1.807, 2.05) is 6.07 Å². The average molecular weight is 303 g/mol. The average Bonchev–Trinajstić information content (AvgIpc) is 2.57. The Bertz CT molecular complexity index is 474. The monoisotopic (exact) mass is 303 g/mol. The van der Waals surface area contributed by atoms with Gasteiger partial charge in [0.25, 0.3) is 5.91 Å². The lowest BCUT2D eigenvalue weighted by atomic mass is 10.1. The first-order chi connectivity index (χ1) is 10.8. The molecule has 0 aliphatic carbocycles. The predicted octanol–water partition coefficient (Wildman–Crippen LogP) is 0.756. The van der Waals surface area contributed by atoms with E-state index in [2.05, 4.69) is 39.8 Å². The summed E-state index contributed by atoms with van der Waals surface area (Å²) in [6, 6.07) is 10.7. The maximum Gasteiger partial charge on any atom is 0.250 e. The molecule has 1 amide bonds. The molecule has 2 saturated heterocycles. The second-order valence-corrected chi connectivity index (χ2v) is 6.11. The van der Waals surface area contributed by atoms with Crippen LogP contribution in [-0.2, 0) is 16.1 Å². The number of hydrogen-bond donors (Lipinski definition) is 2. The number of piperidine rings is 1. The number of hydrogen-bond acceptors (Lipinski definition) is 4. The third kappa shape index (κ3) is 4.29. The predicted molar refractivity (Wildman–Crippen MR) is 85.5 cm³/mol. The molecule has 5 heteroatoms. The van der Waals surface area contributed by atoms with Gasteiger partial charge in [0.15, 0.2) is 0 Å². The number of carbonyl (C=O) groups excluding carboxylic acids is 1. The van der Waals surface area contributed by atoms with Gasteiger partial charge in [0.1, 0.15) is 6.10 Å². The van der Waals surface area contributed by atoms with Gasteiger partial charge in [-0.05, 0) is 31.5 Å². The first kappa shape index (κ1) is 15.5. The van der Waals surface area contributed by atoms with E-state index < -0.39 is 0 Å². The summed E-state index contributed by atoms with van der Waals surface area (Å²) in [5.74, 6) is 0.0460. The van der Waals surface area contributed by atoms with Crippen molar-refractivity contribution in [3.05, 3.63) is 35.9 Å². The highest BCUT2D eigenvalue weighted by molar-refractivity contribution is 5.81. The molecule has 2 aliphatic rings. The number of ether oxygens (including phenoxy) is 1. The second-order valence-electron chi connectivity index (χ2n) is 6.11. The van der Waals surface area contributed by atoms with Crippen LogP contribution in [0.4, 0.5) is 0 Å². The highest BCUT2D eigenvalue weighted by Crippen LogP contribution is 2.11. The number of benzene rings is 1. The third-order valence-corrected chi connectivity index (χ3v) is 4.38. The Morgan fingerprint density at radius 1 is 1.27 bits per heavy atom. The Morgan fingerprint density at radius 3 is 2.82 bits per heavy atom. The molecule has 5 nitrogen and oxygen atoms in total. The van der Waals surface area contributed by atoms with Crippen LogP contribution in [0.5, 0.6) is 0 Å². The number of nitrogens with one attached hydrogen (secondary N) is 2. The zero-order valence-corrected chi connectivity index (χ0v) is 13.0. The molecule has 2 heterocycles. The maximum atomic E-state index is 12.4. The molecular weight excluding hydrogens is 278 g/mol. The summed E-state index contributed by atoms with van der Waals surface area (Å²) < 4.78 is 5.68. The largest absolute Gasteiger partial charge is 0.366 e. The summed E-state index contributed by atoms with van der Waals surface area (Å²) in [6.45, 7) is 5.02. The molecule has 0 saturated carbocycles. The first-order valence-corrected chi connectivity index (χ1v) is 8.20. The summed E-state index contributed by atoms with van der Waals surface area (Å²) in [7, 11) is 0. The first-order valence-electron chi connectivity index (χ1n) is 8.20. The summed E-state index contributed by atoms with van der Waals surface area (Å²) in [5, 5.41) is 6.45. The van der Waals surface area contributed by atoms with E-state index >= 15 is 0 Å². The Kier molecular flexibility index (Phi) is 5.43. The Morgan fingerprint density at radius 2 is 2.05 bits per heavy atom. The van der Waals surface area contributed by atoms with Gasteiger partial charge in [0.2, 0.25) is 0 Å². The molecule has 1 aromatic rings. The lowest BCUT2D eigenvalue weighted by Crippen LogP contribution is -2.52. The minimum atomic E-state index is -0.340. The van der Waals surface area contributed by atoms with Crippen LogP contribution < -0.4 is 10.6 Å². The molecule has 1 atom stereocenters. The fourth-order valence-corrected chi connectivity index (χ4v) is 3.11. The minimum Gasteiger partial charge on any atom is -0.366 e. The fourth-order valence-electron chi connectivity index (χ4n) is 3.11.